The van der Waals surface area contributed by atoms with Crippen LogP contribution in [0.5, 0.6) is 11.5 Å². The molecule has 1 N–H and O–H groups in total. The van der Waals surface area contributed by atoms with Crippen molar-refractivity contribution < 1.29 is 18.6 Å². The van der Waals surface area contributed by atoms with Gasteiger partial charge in [0.1, 0.15) is 35.4 Å². The lowest BCUT2D eigenvalue weighted by atomic mass is 10.1. The number of nitriles is 1. The highest BCUT2D eigenvalue weighted by molar-refractivity contribution is 5.89. The van der Waals surface area contributed by atoms with Crippen molar-refractivity contribution in [3.05, 3.63) is 77.7 Å². The van der Waals surface area contributed by atoms with Crippen molar-refractivity contribution in [3.8, 4) is 17.6 Å². The summed E-state index contributed by atoms with van der Waals surface area (Å²) in [5, 5.41) is 13.3. The van der Waals surface area contributed by atoms with Crippen molar-refractivity contribution in [3.63, 3.8) is 0 Å². The number of morpholine rings is 1. The second-order valence-electron chi connectivity index (χ2n) is 8.20. The number of halogens is 1. The van der Waals surface area contributed by atoms with Crippen LogP contribution in [0.4, 0.5) is 21.6 Å². The van der Waals surface area contributed by atoms with E-state index in [-0.39, 0.29) is 12.4 Å². The van der Waals surface area contributed by atoms with E-state index >= 15 is 0 Å². The summed E-state index contributed by atoms with van der Waals surface area (Å²) in [6.07, 6.45) is 1.73. The Bertz CT molecular complexity index is 1430. The van der Waals surface area contributed by atoms with Gasteiger partial charge in [0.25, 0.3) is 0 Å². The van der Waals surface area contributed by atoms with E-state index in [9.17, 15) is 9.65 Å². The van der Waals surface area contributed by atoms with E-state index in [1.165, 1.54) is 12.1 Å². The van der Waals surface area contributed by atoms with Crippen LogP contribution in [-0.2, 0) is 11.3 Å². The largest absolute Gasteiger partial charge is 0.493 e. The van der Waals surface area contributed by atoms with Gasteiger partial charge in [-0.2, -0.15) is 5.26 Å². The number of benzene rings is 3. The Kier molecular flexibility index (Phi) is 6.78. The second kappa shape index (κ2) is 10.5. The fourth-order valence-corrected chi connectivity index (χ4v) is 4.04. The zero-order valence-corrected chi connectivity index (χ0v) is 19.7. The average Bonchev–Trinajstić information content (AvgIpc) is 2.92. The van der Waals surface area contributed by atoms with Crippen LogP contribution in [0, 0.1) is 17.1 Å². The molecule has 1 fully saturated rings. The third-order valence-corrected chi connectivity index (χ3v) is 5.87. The molecule has 3 aromatic carbocycles. The predicted molar refractivity (Wildman–Crippen MR) is 134 cm³/mol. The van der Waals surface area contributed by atoms with Gasteiger partial charge in [0.2, 0.25) is 0 Å². The molecule has 2 heterocycles. The van der Waals surface area contributed by atoms with Gasteiger partial charge in [-0.3, -0.25) is 4.98 Å². The molecule has 9 heteroatoms. The van der Waals surface area contributed by atoms with Crippen molar-refractivity contribution in [1.29, 1.82) is 5.26 Å². The molecule has 4 aromatic rings. The predicted octanol–water partition coefficient (Wildman–Crippen LogP) is 4.81. The summed E-state index contributed by atoms with van der Waals surface area (Å²) >= 11 is 0. The lowest BCUT2D eigenvalue weighted by molar-refractivity contribution is 0.122. The standard InChI is InChI=1S/C27H24FN5O3/c1-34-25-14-20(5-8-24(25)36-17-18-3-2-4-19(28)13-18)31-22-6-7-23-27(21(22)15-29)32-26(16-30-23)33-9-11-35-12-10-33/h2-8,13-14,16,31H,9-12,17H2,1H3. The smallest absolute Gasteiger partial charge is 0.162 e. The Morgan fingerprint density at radius 3 is 2.75 bits per heavy atom. The number of anilines is 3. The fraction of sp³-hybridized carbons (Fsp3) is 0.222. The Morgan fingerprint density at radius 1 is 1.11 bits per heavy atom. The molecular weight excluding hydrogens is 461 g/mol. The minimum absolute atomic E-state index is 0.203. The van der Waals surface area contributed by atoms with E-state index < -0.39 is 0 Å². The second-order valence-corrected chi connectivity index (χ2v) is 8.20. The molecule has 0 atom stereocenters. The summed E-state index contributed by atoms with van der Waals surface area (Å²) in [5.41, 5.74) is 3.61. The summed E-state index contributed by atoms with van der Waals surface area (Å²) in [6.45, 7) is 2.93. The number of hydrogen-bond donors (Lipinski definition) is 1. The minimum atomic E-state index is -0.312. The van der Waals surface area contributed by atoms with Crippen molar-refractivity contribution in [1.82, 2.24) is 9.97 Å². The lowest BCUT2D eigenvalue weighted by Gasteiger charge is -2.27. The van der Waals surface area contributed by atoms with Crippen LogP contribution in [0.15, 0.2) is 60.8 Å². The number of hydrogen-bond acceptors (Lipinski definition) is 8. The molecule has 1 saturated heterocycles. The van der Waals surface area contributed by atoms with Gasteiger partial charge in [-0.25, -0.2) is 9.37 Å². The molecule has 0 amide bonds. The highest BCUT2D eigenvalue weighted by Crippen LogP contribution is 2.34. The van der Waals surface area contributed by atoms with Gasteiger partial charge in [-0.1, -0.05) is 12.1 Å². The molecule has 0 aliphatic carbocycles. The highest BCUT2D eigenvalue weighted by Gasteiger charge is 2.17. The molecule has 182 valence electrons. The van der Waals surface area contributed by atoms with Crippen LogP contribution in [-0.4, -0.2) is 43.4 Å². The number of methoxy groups -OCH3 is 1. The number of rotatable bonds is 7. The first kappa shape index (κ1) is 23.3. The Hall–Kier alpha value is -4.42. The van der Waals surface area contributed by atoms with E-state index in [1.54, 1.807) is 37.6 Å². The van der Waals surface area contributed by atoms with Gasteiger partial charge in [-0.15, -0.1) is 0 Å². The summed E-state index contributed by atoms with van der Waals surface area (Å²) in [5.74, 6) is 1.44. The van der Waals surface area contributed by atoms with Crippen molar-refractivity contribution in [2.75, 3.05) is 43.6 Å². The molecule has 0 bridgehead atoms. The van der Waals surface area contributed by atoms with Gasteiger partial charge >= 0.3 is 0 Å². The monoisotopic (exact) mass is 485 g/mol. The maximum atomic E-state index is 13.4. The normalized spacial score (nSPS) is 13.3. The summed E-state index contributed by atoms with van der Waals surface area (Å²) in [4.78, 5) is 11.4. The van der Waals surface area contributed by atoms with Gasteiger partial charge in [-0.05, 0) is 42.0 Å². The van der Waals surface area contributed by atoms with Crippen LogP contribution in [0.1, 0.15) is 11.1 Å². The van der Waals surface area contributed by atoms with Gasteiger partial charge < -0.3 is 24.4 Å². The Labute approximate surface area is 207 Å². The molecule has 36 heavy (non-hydrogen) atoms. The van der Waals surface area contributed by atoms with Gasteiger partial charge in [0.15, 0.2) is 11.5 Å². The number of fused-ring (bicyclic) bond motifs is 1. The number of nitrogens with one attached hydrogen (secondary N) is 1. The first-order valence-electron chi connectivity index (χ1n) is 11.5. The van der Waals surface area contributed by atoms with E-state index in [0.717, 1.165) is 18.9 Å². The van der Waals surface area contributed by atoms with E-state index in [0.29, 0.717) is 58.2 Å². The maximum Gasteiger partial charge on any atom is 0.162 e. The Balaban J connectivity index is 1.39. The third kappa shape index (κ3) is 4.99. The van der Waals surface area contributed by atoms with Crippen LogP contribution >= 0.6 is 0 Å². The molecule has 8 nitrogen and oxygen atoms in total. The Morgan fingerprint density at radius 2 is 1.97 bits per heavy atom. The summed E-state index contributed by atoms with van der Waals surface area (Å²) in [7, 11) is 1.55. The lowest BCUT2D eigenvalue weighted by Crippen LogP contribution is -2.36. The van der Waals surface area contributed by atoms with E-state index in [1.807, 2.05) is 18.2 Å². The van der Waals surface area contributed by atoms with Gasteiger partial charge in [0.05, 0.1) is 37.7 Å². The molecule has 1 aliphatic rings. The fourth-order valence-electron chi connectivity index (χ4n) is 4.04. The average molecular weight is 486 g/mol. The molecule has 0 unspecified atom stereocenters. The maximum absolute atomic E-state index is 13.4. The van der Waals surface area contributed by atoms with Crippen molar-refractivity contribution >= 4 is 28.2 Å². The van der Waals surface area contributed by atoms with Crippen LogP contribution in [0.25, 0.3) is 11.0 Å². The molecular formula is C27H24FN5O3. The third-order valence-electron chi connectivity index (χ3n) is 5.87. The van der Waals surface area contributed by atoms with Crippen LogP contribution < -0.4 is 19.7 Å². The molecule has 1 aromatic heterocycles. The van der Waals surface area contributed by atoms with Crippen molar-refractivity contribution in [2.45, 2.75) is 6.61 Å². The minimum Gasteiger partial charge on any atom is -0.493 e. The van der Waals surface area contributed by atoms with Crippen molar-refractivity contribution in [2.24, 2.45) is 0 Å². The summed E-state index contributed by atoms with van der Waals surface area (Å²) < 4.78 is 30.2. The highest BCUT2D eigenvalue weighted by atomic mass is 19.1. The van der Waals surface area contributed by atoms with Crippen LogP contribution in [0.2, 0.25) is 0 Å². The molecule has 0 radical (unpaired) electrons. The molecule has 0 spiro atoms. The van der Waals surface area contributed by atoms with Gasteiger partial charge in [0, 0.05) is 24.8 Å². The zero-order chi connectivity index (χ0) is 24.9. The number of ether oxygens (including phenoxy) is 3. The number of aromatic nitrogens is 2. The SMILES string of the molecule is COc1cc(Nc2ccc3ncc(N4CCOCC4)nc3c2C#N)ccc1OCc1cccc(F)c1. The zero-order valence-electron chi connectivity index (χ0n) is 19.7. The first-order valence-corrected chi connectivity index (χ1v) is 11.5. The van der Waals surface area contributed by atoms with E-state index in [4.69, 9.17) is 19.2 Å². The van der Waals surface area contributed by atoms with E-state index in [2.05, 4.69) is 21.3 Å². The molecule has 0 saturated carbocycles. The van der Waals surface area contributed by atoms with Crippen LogP contribution in [0.3, 0.4) is 0 Å². The number of nitrogens with zero attached hydrogens (tertiary/aromatic N) is 4. The molecule has 1 aliphatic heterocycles. The quantitative estimate of drug-likeness (QED) is 0.399. The molecule has 5 rings (SSSR count). The topological polar surface area (TPSA) is 92.5 Å². The first-order chi connectivity index (χ1) is 17.6. The summed E-state index contributed by atoms with van der Waals surface area (Å²) in [6, 6.07) is 17.6.